The molecule has 0 spiro atoms. The van der Waals surface area contributed by atoms with E-state index in [0.717, 1.165) is 11.1 Å². The number of benzene rings is 2. The number of carboxylic acid groups (broad SMARTS) is 1. The SMILES string of the molecule is C[C@H](NCc1ccc(C(=O)O)cc1)c1ccc(F)cc1. The Labute approximate surface area is 117 Å². The van der Waals surface area contributed by atoms with E-state index in [0.29, 0.717) is 6.54 Å². The minimum atomic E-state index is -0.927. The summed E-state index contributed by atoms with van der Waals surface area (Å²) in [6.07, 6.45) is 0. The minimum Gasteiger partial charge on any atom is -0.478 e. The Balaban J connectivity index is 1.94. The van der Waals surface area contributed by atoms with Crippen molar-refractivity contribution < 1.29 is 14.3 Å². The summed E-state index contributed by atoms with van der Waals surface area (Å²) in [5.41, 5.74) is 2.29. The van der Waals surface area contributed by atoms with E-state index in [9.17, 15) is 9.18 Å². The van der Waals surface area contributed by atoms with Crippen molar-refractivity contribution in [1.82, 2.24) is 5.32 Å². The zero-order valence-electron chi connectivity index (χ0n) is 11.1. The van der Waals surface area contributed by atoms with Gasteiger partial charge in [0.15, 0.2) is 0 Å². The van der Waals surface area contributed by atoms with Crippen LogP contribution in [0.3, 0.4) is 0 Å². The molecule has 1 atom stereocenters. The van der Waals surface area contributed by atoms with Gasteiger partial charge in [-0.3, -0.25) is 0 Å². The monoisotopic (exact) mass is 273 g/mol. The normalized spacial score (nSPS) is 12.1. The third-order valence-electron chi connectivity index (χ3n) is 3.18. The smallest absolute Gasteiger partial charge is 0.335 e. The van der Waals surface area contributed by atoms with Crippen LogP contribution in [0.25, 0.3) is 0 Å². The molecule has 20 heavy (non-hydrogen) atoms. The number of hydrogen-bond acceptors (Lipinski definition) is 2. The molecule has 2 N–H and O–H groups in total. The maximum absolute atomic E-state index is 12.8. The maximum Gasteiger partial charge on any atom is 0.335 e. The van der Waals surface area contributed by atoms with Gasteiger partial charge in [-0.15, -0.1) is 0 Å². The lowest BCUT2D eigenvalue weighted by Crippen LogP contribution is -2.18. The lowest BCUT2D eigenvalue weighted by Gasteiger charge is -2.14. The average molecular weight is 273 g/mol. The molecule has 0 amide bonds. The van der Waals surface area contributed by atoms with Crippen molar-refractivity contribution >= 4 is 5.97 Å². The van der Waals surface area contributed by atoms with Gasteiger partial charge >= 0.3 is 5.97 Å². The van der Waals surface area contributed by atoms with Crippen LogP contribution < -0.4 is 5.32 Å². The van der Waals surface area contributed by atoms with E-state index >= 15 is 0 Å². The summed E-state index contributed by atoms with van der Waals surface area (Å²) in [5.74, 6) is -1.17. The van der Waals surface area contributed by atoms with Crippen LogP contribution in [0.1, 0.15) is 34.5 Å². The van der Waals surface area contributed by atoms with Crippen LogP contribution >= 0.6 is 0 Å². The van der Waals surface area contributed by atoms with Crippen molar-refractivity contribution in [3.05, 3.63) is 71.0 Å². The Hall–Kier alpha value is -2.20. The quantitative estimate of drug-likeness (QED) is 0.878. The summed E-state index contributed by atoms with van der Waals surface area (Å²) in [5, 5.41) is 12.1. The van der Waals surface area contributed by atoms with Crippen LogP contribution in [0, 0.1) is 5.82 Å². The predicted octanol–water partition coefficient (Wildman–Crippen LogP) is 3.37. The number of carboxylic acids is 1. The summed E-state index contributed by atoms with van der Waals surface area (Å²) in [7, 11) is 0. The summed E-state index contributed by atoms with van der Waals surface area (Å²) >= 11 is 0. The minimum absolute atomic E-state index is 0.0924. The van der Waals surface area contributed by atoms with Crippen molar-refractivity contribution in [2.75, 3.05) is 0 Å². The fourth-order valence-electron chi connectivity index (χ4n) is 1.91. The molecule has 4 heteroatoms. The van der Waals surface area contributed by atoms with E-state index in [1.807, 2.05) is 6.92 Å². The number of hydrogen-bond donors (Lipinski definition) is 2. The van der Waals surface area contributed by atoms with Crippen LogP contribution in [-0.4, -0.2) is 11.1 Å². The summed E-state index contributed by atoms with van der Waals surface area (Å²) in [4.78, 5) is 10.7. The predicted molar refractivity (Wildman–Crippen MR) is 75.1 cm³/mol. The first-order valence-corrected chi connectivity index (χ1v) is 6.37. The summed E-state index contributed by atoms with van der Waals surface area (Å²) in [6.45, 7) is 2.62. The first kappa shape index (κ1) is 14.2. The van der Waals surface area contributed by atoms with Gasteiger partial charge in [-0.25, -0.2) is 9.18 Å². The van der Waals surface area contributed by atoms with Crippen molar-refractivity contribution in [2.24, 2.45) is 0 Å². The second kappa shape index (κ2) is 6.30. The number of rotatable bonds is 5. The number of aromatic carboxylic acids is 1. The molecule has 0 bridgehead atoms. The molecule has 0 aromatic heterocycles. The average Bonchev–Trinajstić information content (AvgIpc) is 2.46. The van der Waals surface area contributed by atoms with Crippen molar-refractivity contribution in [2.45, 2.75) is 19.5 Å². The lowest BCUT2D eigenvalue weighted by atomic mass is 10.1. The molecular formula is C16H16FNO2. The second-order valence-electron chi connectivity index (χ2n) is 4.66. The Morgan fingerprint density at radius 2 is 1.75 bits per heavy atom. The molecule has 0 aliphatic carbocycles. The molecule has 0 unspecified atom stereocenters. The number of carbonyl (C=O) groups is 1. The van der Waals surface area contributed by atoms with Gasteiger partial charge in [-0.1, -0.05) is 24.3 Å². The third kappa shape index (κ3) is 3.65. The summed E-state index contributed by atoms with van der Waals surface area (Å²) in [6, 6.07) is 13.2. The van der Waals surface area contributed by atoms with Gasteiger partial charge in [0.1, 0.15) is 5.82 Å². The molecule has 2 aromatic rings. The molecule has 3 nitrogen and oxygen atoms in total. The molecule has 2 rings (SSSR count). The van der Waals surface area contributed by atoms with Gasteiger partial charge in [-0.05, 0) is 42.3 Å². The second-order valence-corrected chi connectivity index (χ2v) is 4.66. The standard InChI is InChI=1S/C16H16FNO2/c1-11(13-6-8-15(17)9-7-13)18-10-12-2-4-14(5-3-12)16(19)20/h2-9,11,18H,10H2,1H3,(H,19,20)/t11-/m0/s1. The third-order valence-corrected chi connectivity index (χ3v) is 3.18. The van der Waals surface area contributed by atoms with Crippen LogP contribution in [0.15, 0.2) is 48.5 Å². The Morgan fingerprint density at radius 3 is 2.30 bits per heavy atom. The Morgan fingerprint density at radius 1 is 1.15 bits per heavy atom. The van der Waals surface area contributed by atoms with Crippen LogP contribution in [0.5, 0.6) is 0 Å². The van der Waals surface area contributed by atoms with E-state index in [4.69, 9.17) is 5.11 Å². The van der Waals surface area contributed by atoms with Crippen molar-refractivity contribution in [3.8, 4) is 0 Å². The maximum atomic E-state index is 12.8. The van der Waals surface area contributed by atoms with Gasteiger partial charge in [0.2, 0.25) is 0 Å². The molecule has 2 aromatic carbocycles. The highest BCUT2D eigenvalue weighted by atomic mass is 19.1. The largest absolute Gasteiger partial charge is 0.478 e. The highest BCUT2D eigenvalue weighted by Gasteiger charge is 2.06. The van der Waals surface area contributed by atoms with E-state index < -0.39 is 5.97 Å². The van der Waals surface area contributed by atoms with Gasteiger partial charge in [0.05, 0.1) is 5.56 Å². The highest BCUT2D eigenvalue weighted by molar-refractivity contribution is 5.87. The molecule has 0 saturated carbocycles. The first-order chi connectivity index (χ1) is 9.56. The van der Waals surface area contributed by atoms with Crippen LogP contribution in [0.2, 0.25) is 0 Å². The highest BCUT2D eigenvalue weighted by Crippen LogP contribution is 2.14. The van der Waals surface area contributed by atoms with Gasteiger partial charge in [0.25, 0.3) is 0 Å². The topological polar surface area (TPSA) is 49.3 Å². The summed E-state index contributed by atoms with van der Waals surface area (Å²) < 4.78 is 12.8. The first-order valence-electron chi connectivity index (χ1n) is 6.37. The zero-order chi connectivity index (χ0) is 14.5. The molecule has 0 aliphatic heterocycles. The van der Waals surface area contributed by atoms with Crippen LogP contribution in [0.4, 0.5) is 4.39 Å². The van der Waals surface area contributed by atoms with Gasteiger partial charge in [-0.2, -0.15) is 0 Å². The molecule has 104 valence electrons. The van der Waals surface area contributed by atoms with Gasteiger partial charge < -0.3 is 10.4 Å². The van der Waals surface area contributed by atoms with Crippen molar-refractivity contribution in [3.63, 3.8) is 0 Å². The molecule has 0 aliphatic rings. The fourth-order valence-corrected chi connectivity index (χ4v) is 1.91. The molecule has 0 fully saturated rings. The van der Waals surface area contributed by atoms with E-state index in [1.54, 1.807) is 36.4 Å². The molecule has 0 heterocycles. The Bertz CT molecular complexity index is 578. The molecular weight excluding hydrogens is 257 g/mol. The molecule has 0 radical (unpaired) electrons. The fraction of sp³-hybridized carbons (Fsp3) is 0.188. The number of nitrogens with one attached hydrogen (secondary N) is 1. The Kier molecular flexibility index (Phi) is 4.48. The lowest BCUT2D eigenvalue weighted by molar-refractivity contribution is 0.0697. The van der Waals surface area contributed by atoms with E-state index in [1.165, 1.54) is 12.1 Å². The number of halogens is 1. The van der Waals surface area contributed by atoms with Crippen LogP contribution in [-0.2, 0) is 6.54 Å². The van der Waals surface area contributed by atoms with E-state index in [2.05, 4.69) is 5.32 Å². The van der Waals surface area contributed by atoms with Crippen molar-refractivity contribution in [1.29, 1.82) is 0 Å². The van der Waals surface area contributed by atoms with E-state index in [-0.39, 0.29) is 17.4 Å². The zero-order valence-corrected chi connectivity index (χ0v) is 11.1. The van der Waals surface area contributed by atoms with Gasteiger partial charge in [0, 0.05) is 12.6 Å². The molecule has 0 saturated heterocycles.